The van der Waals surface area contributed by atoms with E-state index in [4.69, 9.17) is 10.5 Å². The average molecular weight is 256 g/mol. The summed E-state index contributed by atoms with van der Waals surface area (Å²) in [6, 6.07) is 0.273. The zero-order valence-corrected chi connectivity index (χ0v) is 12.0. The fourth-order valence-electron chi connectivity index (χ4n) is 3.11. The quantitative estimate of drug-likeness (QED) is 0.696. The SMILES string of the molecule is CCOC1CC(NC(=O)CCCN)C1(CC)CC. The molecule has 2 atom stereocenters. The van der Waals surface area contributed by atoms with Gasteiger partial charge in [0.25, 0.3) is 0 Å². The van der Waals surface area contributed by atoms with Gasteiger partial charge in [-0.15, -0.1) is 0 Å². The molecular formula is C14H28N2O2. The number of rotatable bonds is 8. The Morgan fingerprint density at radius 3 is 2.56 bits per heavy atom. The summed E-state index contributed by atoms with van der Waals surface area (Å²) in [6.07, 6.45) is 4.65. The molecule has 0 heterocycles. The minimum Gasteiger partial charge on any atom is -0.378 e. The van der Waals surface area contributed by atoms with Crippen LogP contribution in [0.25, 0.3) is 0 Å². The van der Waals surface area contributed by atoms with Crippen molar-refractivity contribution in [1.29, 1.82) is 0 Å². The lowest BCUT2D eigenvalue weighted by molar-refractivity contribution is -0.148. The number of nitrogens with one attached hydrogen (secondary N) is 1. The van der Waals surface area contributed by atoms with Gasteiger partial charge in [0.05, 0.1) is 6.10 Å². The van der Waals surface area contributed by atoms with Gasteiger partial charge in [-0.1, -0.05) is 13.8 Å². The van der Waals surface area contributed by atoms with Gasteiger partial charge in [-0.25, -0.2) is 0 Å². The zero-order valence-electron chi connectivity index (χ0n) is 12.0. The second-order valence-corrected chi connectivity index (χ2v) is 5.13. The fourth-order valence-corrected chi connectivity index (χ4v) is 3.11. The molecule has 0 bridgehead atoms. The van der Waals surface area contributed by atoms with E-state index >= 15 is 0 Å². The third-order valence-corrected chi connectivity index (χ3v) is 4.41. The summed E-state index contributed by atoms with van der Waals surface area (Å²) in [4.78, 5) is 11.8. The Kier molecular flexibility index (Phi) is 6.09. The van der Waals surface area contributed by atoms with Crippen LogP contribution in [0.2, 0.25) is 0 Å². The van der Waals surface area contributed by atoms with Gasteiger partial charge in [0.2, 0.25) is 5.91 Å². The molecule has 3 N–H and O–H groups in total. The lowest BCUT2D eigenvalue weighted by Crippen LogP contribution is -2.64. The van der Waals surface area contributed by atoms with E-state index in [0.717, 1.165) is 32.3 Å². The maximum Gasteiger partial charge on any atom is 0.220 e. The molecule has 0 radical (unpaired) electrons. The van der Waals surface area contributed by atoms with Crippen molar-refractivity contribution in [2.24, 2.45) is 11.1 Å². The van der Waals surface area contributed by atoms with E-state index in [-0.39, 0.29) is 17.4 Å². The number of amides is 1. The van der Waals surface area contributed by atoms with E-state index in [2.05, 4.69) is 19.2 Å². The molecule has 18 heavy (non-hydrogen) atoms. The maximum absolute atomic E-state index is 11.8. The number of hydrogen-bond donors (Lipinski definition) is 2. The average Bonchev–Trinajstić information content (AvgIpc) is 2.36. The summed E-state index contributed by atoms with van der Waals surface area (Å²) in [5.74, 6) is 0.131. The highest BCUT2D eigenvalue weighted by molar-refractivity contribution is 5.76. The summed E-state index contributed by atoms with van der Waals surface area (Å²) in [5, 5.41) is 3.16. The molecule has 4 nitrogen and oxygen atoms in total. The van der Waals surface area contributed by atoms with Gasteiger partial charge >= 0.3 is 0 Å². The molecule has 0 saturated heterocycles. The molecule has 0 aromatic heterocycles. The van der Waals surface area contributed by atoms with E-state index in [1.165, 1.54) is 0 Å². The number of hydrogen-bond acceptors (Lipinski definition) is 3. The number of ether oxygens (including phenoxy) is 1. The molecule has 0 spiro atoms. The lowest BCUT2D eigenvalue weighted by atomic mass is 9.58. The number of carbonyl (C=O) groups excluding carboxylic acids is 1. The van der Waals surface area contributed by atoms with Gasteiger partial charge in [-0.3, -0.25) is 4.79 Å². The normalized spacial score (nSPS) is 25.6. The van der Waals surface area contributed by atoms with Crippen LogP contribution < -0.4 is 11.1 Å². The molecular weight excluding hydrogens is 228 g/mol. The highest BCUT2D eigenvalue weighted by Gasteiger charge is 2.53. The molecule has 1 saturated carbocycles. The van der Waals surface area contributed by atoms with Crippen LogP contribution in [-0.2, 0) is 9.53 Å². The summed E-state index contributed by atoms with van der Waals surface area (Å²) in [7, 11) is 0. The van der Waals surface area contributed by atoms with Crippen molar-refractivity contribution in [3.05, 3.63) is 0 Å². The Balaban J connectivity index is 2.53. The van der Waals surface area contributed by atoms with Crippen LogP contribution >= 0.6 is 0 Å². The molecule has 1 rings (SSSR count). The van der Waals surface area contributed by atoms with Crippen LogP contribution in [0.3, 0.4) is 0 Å². The van der Waals surface area contributed by atoms with Crippen LogP contribution in [0.1, 0.15) is 52.9 Å². The summed E-state index contributed by atoms with van der Waals surface area (Å²) >= 11 is 0. The van der Waals surface area contributed by atoms with Gasteiger partial charge < -0.3 is 15.8 Å². The second-order valence-electron chi connectivity index (χ2n) is 5.13. The van der Waals surface area contributed by atoms with Crippen LogP contribution in [0.15, 0.2) is 0 Å². The van der Waals surface area contributed by atoms with Gasteiger partial charge in [0.15, 0.2) is 0 Å². The molecule has 1 aliphatic carbocycles. The first-order valence-corrected chi connectivity index (χ1v) is 7.25. The van der Waals surface area contributed by atoms with Gasteiger partial charge in [-0.2, -0.15) is 0 Å². The molecule has 1 aliphatic rings. The molecule has 2 unspecified atom stereocenters. The molecule has 1 fully saturated rings. The van der Waals surface area contributed by atoms with E-state index in [0.29, 0.717) is 19.1 Å². The zero-order chi connectivity index (χ0) is 13.6. The first kappa shape index (κ1) is 15.4. The standard InChI is InChI=1S/C14H28N2O2/c1-4-14(5-2)11(10-12(14)18-6-3)16-13(17)8-7-9-15/h11-12H,4-10,15H2,1-3H3,(H,16,17). The highest BCUT2D eigenvalue weighted by Crippen LogP contribution is 2.48. The van der Waals surface area contributed by atoms with Crippen molar-refractivity contribution in [2.75, 3.05) is 13.2 Å². The highest BCUT2D eigenvalue weighted by atomic mass is 16.5. The van der Waals surface area contributed by atoms with Crippen LogP contribution in [-0.4, -0.2) is 31.2 Å². The van der Waals surface area contributed by atoms with E-state index in [1.54, 1.807) is 0 Å². The number of nitrogens with two attached hydrogens (primary N) is 1. The van der Waals surface area contributed by atoms with Gasteiger partial charge in [0, 0.05) is 24.5 Å². The van der Waals surface area contributed by atoms with Crippen LogP contribution in [0.5, 0.6) is 0 Å². The Hall–Kier alpha value is -0.610. The van der Waals surface area contributed by atoms with Crippen molar-refractivity contribution in [3.63, 3.8) is 0 Å². The lowest BCUT2D eigenvalue weighted by Gasteiger charge is -2.55. The molecule has 1 amide bonds. The first-order chi connectivity index (χ1) is 8.64. The van der Waals surface area contributed by atoms with Crippen LogP contribution in [0.4, 0.5) is 0 Å². The third-order valence-electron chi connectivity index (χ3n) is 4.41. The predicted octanol–water partition coefficient (Wildman–Crippen LogP) is 1.83. The molecule has 4 heteroatoms. The molecule has 0 aromatic rings. The van der Waals surface area contributed by atoms with E-state index in [9.17, 15) is 4.79 Å². The van der Waals surface area contributed by atoms with E-state index in [1.807, 2.05) is 6.92 Å². The second kappa shape index (κ2) is 7.10. The molecule has 0 aliphatic heterocycles. The van der Waals surface area contributed by atoms with E-state index < -0.39 is 0 Å². The largest absolute Gasteiger partial charge is 0.378 e. The predicted molar refractivity (Wildman–Crippen MR) is 73.3 cm³/mol. The van der Waals surface area contributed by atoms with Gasteiger partial charge in [0.1, 0.15) is 0 Å². The molecule has 0 aromatic carbocycles. The maximum atomic E-state index is 11.8. The molecule has 106 valence electrons. The third kappa shape index (κ3) is 3.04. The van der Waals surface area contributed by atoms with Crippen molar-refractivity contribution >= 4 is 5.91 Å². The van der Waals surface area contributed by atoms with Crippen molar-refractivity contribution in [2.45, 2.75) is 65.0 Å². The van der Waals surface area contributed by atoms with Crippen molar-refractivity contribution in [1.82, 2.24) is 5.32 Å². The summed E-state index contributed by atoms with van der Waals surface area (Å²) < 4.78 is 5.80. The summed E-state index contributed by atoms with van der Waals surface area (Å²) in [5.41, 5.74) is 5.55. The van der Waals surface area contributed by atoms with Gasteiger partial charge in [-0.05, 0) is 39.2 Å². The Bertz CT molecular complexity index is 265. The summed E-state index contributed by atoms with van der Waals surface area (Å²) in [6.45, 7) is 7.73. The Labute approximate surface area is 111 Å². The topological polar surface area (TPSA) is 64.3 Å². The minimum atomic E-state index is 0.131. The number of carbonyl (C=O) groups is 1. The minimum absolute atomic E-state index is 0.131. The van der Waals surface area contributed by atoms with Crippen molar-refractivity contribution in [3.8, 4) is 0 Å². The fraction of sp³-hybridized carbons (Fsp3) is 0.929. The Morgan fingerprint density at radius 2 is 2.06 bits per heavy atom. The first-order valence-electron chi connectivity index (χ1n) is 7.25. The monoisotopic (exact) mass is 256 g/mol. The van der Waals surface area contributed by atoms with Crippen LogP contribution in [0, 0.1) is 5.41 Å². The smallest absolute Gasteiger partial charge is 0.220 e. The van der Waals surface area contributed by atoms with Crippen molar-refractivity contribution < 1.29 is 9.53 Å². The Morgan fingerprint density at radius 1 is 1.39 bits per heavy atom.